The number of rotatable bonds is 5. The SMILES string of the molecule is Cc1c(Cl)c(C(F)(F)F)nn1CC(=O)Nc1ncn(Cc2cccc(F)c2)n1. The number of nitrogens with zero attached hydrogens (tertiary/aromatic N) is 5. The lowest BCUT2D eigenvalue weighted by molar-refractivity contribution is -0.141. The van der Waals surface area contributed by atoms with Crippen molar-refractivity contribution in [1.82, 2.24) is 24.5 Å². The third-order valence-electron chi connectivity index (χ3n) is 3.72. The summed E-state index contributed by atoms with van der Waals surface area (Å²) in [5.41, 5.74) is -0.602. The lowest BCUT2D eigenvalue weighted by Gasteiger charge is -2.04. The van der Waals surface area contributed by atoms with Gasteiger partial charge in [-0.1, -0.05) is 23.7 Å². The normalized spacial score (nSPS) is 11.6. The largest absolute Gasteiger partial charge is 0.436 e. The molecule has 12 heteroatoms. The highest BCUT2D eigenvalue weighted by Gasteiger charge is 2.38. The van der Waals surface area contributed by atoms with Crippen LogP contribution < -0.4 is 5.32 Å². The van der Waals surface area contributed by atoms with Gasteiger partial charge in [0.25, 0.3) is 0 Å². The molecular formula is C16H13ClF4N6O. The highest BCUT2D eigenvalue weighted by Crippen LogP contribution is 2.35. The Balaban J connectivity index is 1.65. The van der Waals surface area contributed by atoms with Gasteiger partial charge in [0.15, 0.2) is 5.69 Å². The van der Waals surface area contributed by atoms with Crippen LogP contribution >= 0.6 is 11.6 Å². The minimum absolute atomic E-state index is 0.00809. The molecule has 0 radical (unpaired) electrons. The van der Waals surface area contributed by atoms with Gasteiger partial charge in [0.2, 0.25) is 11.9 Å². The molecule has 148 valence electrons. The molecule has 2 aromatic heterocycles. The molecule has 1 N–H and O–H groups in total. The van der Waals surface area contributed by atoms with Crippen LogP contribution in [0.25, 0.3) is 0 Å². The molecule has 7 nitrogen and oxygen atoms in total. The van der Waals surface area contributed by atoms with Gasteiger partial charge in [0.1, 0.15) is 18.7 Å². The van der Waals surface area contributed by atoms with Gasteiger partial charge in [-0.25, -0.2) is 14.1 Å². The Morgan fingerprint density at radius 2 is 2.04 bits per heavy atom. The van der Waals surface area contributed by atoms with E-state index in [4.69, 9.17) is 11.6 Å². The van der Waals surface area contributed by atoms with Crippen molar-refractivity contribution < 1.29 is 22.4 Å². The van der Waals surface area contributed by atoms with E-state index in [0.29, 0.717) is 5.56 Å². The van der Waals surface area contributed by atoms with Crippen LogP contribution in [0.4, 0.5) is 23.5 Å². The second-order valence-electron chi connectivity index (χ2n) is 5.85. The van der Waals surface area contributed by atoms with Crippen molar-refractivity contribution in [2.75, 3.05) is 5.32 Å². The number of benzene rings is 1. The first-order chi connectivity index (χ1) is 13.1. The predicted octanol–water partition coefficient (Wildman–Crippen LogP) is 3.28. The summed E-state index contributed by atoms with van der Waals surface area (Å²) in [6.07, 6.45) is -3.39. The molecule has 0 saturated heterocycles. The molecule has 0 aliphatic rings. The molecule has 3 rings (SSSR count). The summed E-state index contributed by atoms with van der Waals surface area (Å²) in [5, 5.41) is 9.17. The Morgan fingerprint density at radius 3 is 2.68 bits per heavy atom. The summed E-state index contributed by atoms with van der Waals surface area (Å²) < 4.78 is 53.9. The molecule has 2 heterocycles. The van der Waals surface area contributed by atoms with Crippen molar-refractivity contribution in [2.45, 2.75) is 26.2 Å². The van der Waals surface area contributed by atoms with E-state index < -0.39 is 35.2 Å². The third-order valence-corrected chi connectivity index (χ3v) is 4.17. The molecule has 0 atom stereocenters. The molecular weight excluding hydrogens is 404 g/mol. The van der Waals surface area contributed by atoms with Crippen molar-refractivity contribution >= 4 is 23.5 Å². The fourth-order valence-electron chi connectivity index (χ4n) is 2.41. The van der Waals surface area contributed by atoms with Crippen molar-refractivity contribution in [3.63, 3.8) is 0 Å². The Kier molecular flexibility index (Phi) is 5.36. The maximum Gasteiger partial charge on any atom is 0.436 e. The second-order valence-corrected chi connectivity index (χ2v) is 6.23. The van der Waals surface area contributed by atoms with Crippen molar-refractivity contribution in [3.8, 4) is 0 Å². The number of aromatic nitrogens is 5. The monoisotopic (exact) mass is 416 g/mol. The van der Waals surface area contributed by atoms with E-state index in [1.165, 1.54) is 30.1 Å². The highest BCUT2D eigenvalue weighted by atomic mass is 35.5. The van der Waals surface area contributed by atoms with E-state index in [0.717, 1.165) is 4.68 Å². The number of carbonyl (C=O) groups is 1. The van der Waals surface area contributed by atoms with Gasteiger partial charge in [0.05, 0.1) is 17.3 Å². The molecule has 0 spiro atoms. The van der Waals surface area contributed by atoms with Crippen LogP contribution in [0.2, 0.25) is 5.02 Å². The van der Waals surface area contributed by atoms with Crippen LogP contribution in [0.3, 0.4) is 0 Å². The number of carbonyl (C=O) groups excluding carboxylic acids is 1. The van der Waals surface area contributed by atoms with Crippen LogP contribution in [0.15, 0.2) is 30.6 Å². The van der Waals surface area contributed by atoms with Gasteiger partial charge in [-0.15, -0.1) is 5.10 Å². The van der Waals surface area contributed by atoms with Crippen LogP contribution in [-0.4, -0.2) is 30.5 Å². The first kappa shape index (κ1) is 19.8. The van der Waals surface area contributed by atoms with Crippen LogP contribution in [-0.2, 0) is 24.1 Å². The quantitative estimate of drug-likeness (QED) is 0.647. The molecule has 0 saturated carbocycles. The van der Waals surface area contributed by atoms with E-state index >= 15 is 0 Å². The number of anilines is 1. The van der Waals surface area contributed by atoms with Gasteiger partial charge in [-0.3, -0.25) is 14.8 Å². The molecule has 1 aromatic carbocycles. The van der Waals surface area contributed by atoms with Gasteiger partial charge < -0.3 is 0 Å². The number of alkyl halides is 3. The van der Waals surface area contributed by atoms with Crippen molar-refractivity contribution in [2.24, 2.45) is 0 Å². The predicted molar refractivity (Wildman–Crippen MR) is 91.1 cm³/mol. The topological polar surface area (TPSA) is 77.6 Å². The Bertz CT molecular complexity index is 1010. The second kappa shape index (κ2) is 7.58. The Labute approximate surface area is 160 Å². The summed E-state index contributed by atoms with van der Waals surface area (Å²) in [7, 11) is 0. The van der Waals surface area contributed by atoms with Crippen molar-refractivity contribution in [3.05, 3.63) is 58.4 Å². The molecule has 0 fully saturated rings. The van der Waals surface area contributed by atoms with E-state index in [9.17, 15) is 22.4 Å². The van der Waals surface area contributed by atoms with Crippen LogP contribution in [0.1, 0.15) is 17.0 Å². The average molecular weight is 417 g/mol. The van der Waals surface area contributed by atoms with Gasteiger partial charge in [0, 0.05) is 0 Å². The lowest BCUT2D eigenvalue weighted by atomic mass is 10.2. The molecule has 28 heavy (non-hydrogen) atoms. The summed E-state index contributed by atoms with van der Waals surface area (Å²) >= 11 is 5.64. The fraction of sp³-hybridized carbons (Fsp3) is 0.250. The van der Waals surface area contributed by atoms with E-state index in [1.54, 1.807) is 12.1 Å². The first-order valence-electron chi connectivity index (χ1n) is 7.87. The zero-order chi connectivity index (χ0) is 20.5. The molecule has 0 bridgehead atoms. The maximum absolute atomic E-state index is 13.2. The zero-order valence-electron chi connectivity index (χ0n) is 14.3. The lowest BCUT2D eigenvalue weighted by Crippen LogP contribution is -2.21. The molecule has 0 aliphatic heterocycles. The van der Waals surface area contributed by atoms with Gasteiger partial charge in [-0.2, -0.15) is 18.3 Å². The van der Waals surface area contributed by atoms with Gasteiger partial charge in [-0.05, 0) is 24.6 Å². The summed E-state index contributed by atoms with van der Waals surface area (Å²) in [6, 6.07) is 5.90. The third kappa shape index (κ3) is 4.47. The summed E-state index contributed by atoms with van der Waals surface area (Å²) in [6.45, 7) is 1.05. The number of amides is 1. The van der Waals surface area contributed by atoms with E-state index in [1.807, 2.05) is 0 Å². The van der Waals surface area contributed by atoms with Crippen LogP contribution in [0, 0.1) is 12.7 Å². The van der Waals surface area contributed by atoms with E-state index in [-0.39, 0.29) is 18.2 Å². The minimum Gasteiger partial charge on any atom is -0.292 e. The van der Waals surface area contributed by atoms with E-state index in [2.05, 4.69) is 20.5 Å². The van der Waals surface area contributed by atoms with Crippen LogP contribution in [0.5, 0.6) is 0 Å². The van der Waals surface area contributed by atoms with Crippen molar-refractivity contribution in [1.29, 1.82) is 0 Å². The smallest absolute Gasteiger partial charge is 0.292 e. The standard InChI is InChI=1S/C16H13ClF4N6O/c1-9-13(17)14(16(19,20)21)24-27(9)7-12(28)23-15-22-8-26(25-15)6-10-3-2-4-11(18)5-10/h2-5,8H,6-7H2,1H3,(H,23,25,28). The number of nitrogens with one attached hydrogen (secondary N) is 1. The Morgan fingerprint density at radius 1 is 1.29 bits per heavy atom. The number of halogens is 5. The maximum atomic E-state index is 13.2. The average Bonchev–Trinajstić information content (AvgIpc) is 3.13. The Hall–Kier alpha value is -2.95. The highest BCUT2D eigenvalue weighted by molar-refractivity contribution is 6.32. The number of hydrogen-bond acceptors (Lipinski definition) is 4. The number of hydrogen-bond donors (Lipinski definition) is 1. The molecule has 0 unspecified atom stereocenters. The molecule has 3 aromatic rings. The summed E-state index contributed by atoms with van der Waals surface area (Å²) in [4.78, 5) is 16.0. The molecule has 1 amide bonds. The fourth-order valence-corrected chi connectivity index (χ4v) is 2.65. The zero-order valence-corrected chi connectivity index (χ0v) is 15.1. The molecule has 0 aliphatic carbocycles. The van der Waals surface area contributed by atoms with Gasteiger partial charge >= 0.3 is 6.18 Å². The first-order valence-corrected chi connectivity index (χ1v) is 8.25. The minimum atomic E-state index is -4.72. The summed E-state index contributed by atoms with van der Waals surface area (Å²) in [5.74, 6) is -1.12.